The van der Waals surface area contributed by atoms with Gasteiger partial charge >= 0.3 is 11.9 Å². The van der Waals surface area contributed by atoms with E-state index in [0.29, 0.717) is 0 Å². The summed E-state index contributed by atoms with van der Waals surface area (Å²) in [5.41, 5.74) is -0.821. The van der Waals surface area contributed by atoms with Crippen LogP contribution in [0.15, 0.2) is 4.99 Å². The van der Waals surface area contributed by atoms with Crippen molar-refractivity contribution in [3.05, 3.63) is 0 Å². The van der Waals surface area contributed by atoms with Gasteiger partial charge in [0.2, 0.25) is 0 Å². The first-order valence-corrected chi connectivity index (χ1v) is 6.06. The van der Waals surface area contributed by atoms with E-state index in [1.54, 1.807) is 13.8 Å². The highest BCUT2D eigenvalue weighted by atomic mass is 16.5. The maximum absolute atomic E-state index is 12.3. The largest absolute Gasteiger partial charge is 0.480 e. The third kappa shape index (κ3) is 3.28. The molecule has 0 heterocycles. The van der Waals surface area contributed by atoms with E-state index in [-0.39, 0.29) is 12.2 Å². The summed E-state index contributed by atoms with van der Waals surface area (Å²) in [6.07, 6.45) is 1.05. The number of esters is 1. The van der Waals surface area contributed by atoms with Crippen LogP contribution in [0.25, 0.3) is 0 Å². The molecule has 0 aromatic heterocycles. The SMILES string of the molecule is COC(=O)[C@@H]1C(=O)[C@@H](C=NCC(=O)O)C(=O)CC1(C)C. The lowest BCUT2D eigenvalue weighted by atomic mass is 9.64. The number of ketones is 2. The van der Waals surface area contributed by atoms with Gasteiger partial charge in [0, 0.05) is 12.6 Å². The van der Waals surface area contributed by atoms with Crippen molar-refractivity contribution in [1.82, 2.24) is 0 Å². The number of hydrogen-bond donors (Lipinski definition) is 1. The van der Waals surface area contributed by atoms with Crippen LogP contribution in [0.1, 0.15) is 20.3 Å². The van der Waals surface area contributed by atoms with E-state index in [4.69, 9.17) is 5.11 Å². The minimum atomic E-state index is -1.17. The highest BCUT2D eigenvalue weighted by molar-refractivity contribution is 6.21. The molecule has 0 radical (unpaired) electrons. The monoisotopic (exact) mass is 283 g/mol. The molecule has 0 bridgehead atoms. The fraction of sp³-hybridized carbons (Fsp3) is 0.615. The highest BCUT2D eigenvalue weighted by Gasteiger charge is 2.51. The van der Waals surface area contributed by atoms with Crippen LogP contribution in [0.5, 0.6) is 0 Å². The molecule has 0 amide bonds. The molecule has 0 aliphatic heterocycles. The first-order valence-electron chi connectivity index (χ1n) is 6.06. The third-order valence-corrected chi connectivity index (χ3v) is 3.27. The topological polar surface area (TPSA) is 110 Å². The summed E-state index contributed by atoms with van der Waals surface area (Å²) in [4.78, 5) is 49.9. The molecular formula is C13H17NO6. The molecule has 0 aromatic carbocycles. The van der Waals surface area contributed by atoms with Gasteiger partial charge in [-0.2, -0.15) is 0 Å². The first-order chi connectivity index (χ1) is 9.20. The number of hydrogen-bond acceptors (Lipinski definition) is 6. The summed E-state index contributed by atoms with van der Waals surface area (Å²) in [5, 5.41) is 8.48. The zero-order valence-electron chi connectivity index (χ0n) is 11.6. The van der Waals surface area contributed by atoms with E-state index in [0.717, 1.165) is 6.21 Å². The fourth-order valence-electron chi connectivity index (χ4n) is 2.33. The number of nitrogens with zero attached hydrogens (tertiary/aromatic N) is 1. The number of aliphatic imine (C=N–C) groups is 1. The molecule has 1 rings (SSSR count). The van der Waals surface area contributed by atoms with E-state index in [2.05, 4.69) is 9.73 Å². The summed E-state index contributed by atoms with van der Waals surface area (Å²) < 4.78 is 4.61. The molecule has 1 N–H and O–H groups in total. The predicted molar refractivity (Wildman–Crippen MR) is 68.4 cm³/mol. The average molecular weight is 283 g/mol. The zero-order chi connectivity index (χ0) is 15.5. The van der Waals surface area contributed by atoms with Gasteiger partial charge in [-0.15, -0.1) is 0 Å². The Morgan fingerprint density at radius 2 is 2.05 bits per heavy atom. The van der Waals surface area contributed by atoms with E-state index < -0.39 is 41.5 Å². The maximum Gasteiger partial charge on any atom is 0.325 e. The summed E-state index contributed by atoms with van der Waals surface area (Å²) in [6.45, 7) is 2.77. The second-order valence-corrected chi connectivity index (χ2v) is 5.35. The van der Waals surface area contributed by atoms with E-state index in [1.807, 2.05) is 0 Å². The summed E-state index contributed by atoms with van der Waals surface area (Å²) >= 11 is 0. The van der Waals surface area contributed by atoms with Crippen LogP contribution >= 0.6 is 0 Å². The third-order valence-electron chi connectivity index (χ3n) is 3.27. The van der Waals surface area contributed by atoms with E-state index in [1.165, 1.54) is 7.11 Å². The Kier molecular flexibility index (Phi) is 4.75. The van der Waals surface area contributed by atoms with E-state index >= 15 is 0 Å². The highest BCUT2D eigenvalue weighted by Crippen LogP contribution is 2.39. The van der Waals surface area contributed by atoms with Gasteiger partial charge in [-0.3, -0.25) is 24.2 Å². The summed E-state index contributed by atoms with van der Waals surface area (Å²) in [5.74, 6) is -5.04. The van der Waals surface area contributed by atoms with Crippen molar-refractivity contribution in [3.63, 3.8) is 0 Å². The standard InChI is InChI=1S/C13H17NO6/c1-13(2)4-8(15)7(5-14-6-9(16)17)11(18)10(13)12(19)20-3/h5,7,10H,4,6H2,1-3H3,(H,16,17)/t7-,10-/m0/s1. The van der Waals surface area contributed by atoms with Crippen LogP contribution in [0, 0.1) is 17.3 Å². The molecule has 1 aliphatic carbocycles. The molecule has 20 heavy (non-hydrogen) atoms. The van der Waals surface area contributed by atoms with Gasteiger partial charge < -0.3 is 9.84 Å². The number of methoxy groups -OCH3 is 1. The molecule has 2 atom stereocenters. The Morgan fingerprint density at radius 1 is 1.45 bits per heavy atom. The summed E-state index contributed by atoms with van der Waals surface area (Å²) in [6, 6.07) is 0. The Morgan fingerprint density at radius 3 is 2.55 bits per heavy atom. The van der Waals surface area contributed by atoms with Crippen molar-refractivity contribution < 1.29 is 29.0 Å². The van der Waals surface area contributed by atoms with Gasteiger partial charge in [-0.25, -0.2) is 0 Å². The van der Waals surface area contributed by atoms with Gasteiger partial charge in [0.15, 0.2) is 5.78 Å². The maximum atomic E-state index is 12.3. The summed E-state index contributed by atoms with van der Waals surface area (Å²) in [7, 11) is 1.18. The lowest BCUT2D eigenvalue weighted by molar-refractivity contribution is -0.159. The van der Waals surface area contributed by atoms with Crippen LogP contribution in [-0.2, 0) is 23.9 Å². The van der Waals surface area contributed by atoms with Gasteiger partial charge in [-0.05, 0) is 5.41 Å². The molecule has 0 unspecified atom stereocenters. The Labute approximate surface area is 116 Å². The van der Waals surface area contributed by atoms with Crippen molar-refractivity contribution >= 4 is 29.7 Å². The van der Waals surface area contributed by atoms with Crippen molar-refractivity contribution in [2.75, 3.05) is 13.7 Å². The molecule has 1 aliphatic rings. The van der Waals surface area contributed by atoms with Crippen LogP contribution < -0.4 is 0 Å². The quantitative estimate of drug-likeness (QED) is 0.445. The average Bonchev–Trinajstić information content (AvgIpc) is 2.31. The second-order valence-electron chi connectivity index (χ2n) is 5.35. The zero-order valence-corrected chi connectivity index (χ0v) is 11.6. The fourth-order valence-corrected chi connectivity index (χ4v) is 2.33. The minimum Gasteiger partial charge on any atom is -0.480 e. The first kappa shape index (κ1) is 16.0. The number of aliphatic carboxylic acids is 1. The molecule has 7 nitrogen and oxygen atoms in total. The van der Waals surface area contributed by atoms with Crippen LogP contribution in [0.3, 0.4) is 0 Å². The number of carboxylic acid groups (broad SMARTS) is 1. The van der Waals surface area contributed by atoms with Gasteiger partial charge in [-0.1, -0.05) is 13.8 Å². The smallest absolute Gasteiger partial charge is 0.325 e. The molecule has 110 valence electrons. The van der Waals surface area contributed by atoms with Crippen molar-refractivity contribution in [1.29, 1.82) is 0 Å². The minimum absolute atomic E-state index is 0.0300. The molecule has 1 saturated carbocycles. The molecule has 1 fully saturated rings. The second kappa shape index (κ2) is 5.94. The van der Waals surface area contributed by atoms with Crippen LogP contribution in [0.2, 0.25) is 0 Å². The number of carbonyl (C=O) groups excluding carboxylic acids is 3. The van der Waals surface area contributed by atoms with Crippen LogP contribution in [0.4, 0.5) is 0 Å². The number of Topliss-reactive ketones (excluding diaryl/α,β-unsaturated/α-hetero) is 2. The molecule has 0 spiro atoms. The Balaban J connectivity index is 3.01. The van der Waals surface area contributed by atoms with Crippen molar-refractivity contribution in [2.24, 2.45) is 22.2 Å². The van der Waals surface area contributed by atoms with E-state index in [9.17, 15) is 19.2 Å². The predicted octanol–water partition coefficient (Wildman–Crippen LogP) is 0.115. The lowest BCUT2D eigenvalue weighted by Gasteiger charge is -2.36. The molecule has 0 aromatic rings. The lowest BCUT2D eigenvalue weighted by Crippen LogP contribution is -2.50. The van der Waals surface area contributed by atoms with Crippen LogP contribution in [-0.4, -0.2) is 48.5 Å². The van der Waals surface area contributed by atoms with Crippen molar-refractivity contribution in [2.45, 2.75) is 20.3 Å². The number of rotatable bonds is 4. The normalized spacial score (nSPS) is 25.8. The Hall–Kier alpha value is -2.05. The number of ether oxygens (including phenoxy) is 1. The molecule has 0 saturated heterocycles. The van der Waals surface area contributed by atoms with Gasteiger partial charge in [0.25, 0.3) is 0 Å². The molecule has 7 heteroatoms. The van der Waals surface area contributed by atoms with Gasteiger partial charge in [0.05, 0.1) is 7.11 Å². The van der Waals surface area contributed by atoms with Crippen molar-refractivity contribution in [3.8, 4) is 0 Å². The number of carbonyl (C=O) groups is 4. The molecular weight excluding hydrogens is 266 g/mol. The Bertz CT molecular complexity index is 479. The number of carboxylic acids is 1. The van der Waals surface area contributed by atoms with Gasteiger partial charge in [0.1, 0.15) is 24.2 Å².